The fourth-order valence-electron chi connectivity index (χ4n) is 1.34. The average Bonchev–Trinajstić information content (AvgIpc) is 2.95. The highest BCUT2D eigenvalue weighted by molar-refractivity contribution is 7.91. The van der Waals surface area contributed by atoms with E-state index in [0.29, 0.717) is 10.8 Å². The van der Waals surface area contributed by atoms with E-state index in [0.717, 1.165) is 14.8 Å². The third kappa shape index (κ3) is 3.15. The molecule has 5 nitrogen and oxygen atoms in total. The van der Waals surface area contributed by atoms with E-state index in [4.69, 9.17) is 5.73 Å². The number of hydrogen-bond donors (Lipinski definition) is 2. The first kappa shape index (κ1) is 13.6. The molecule has 0 unspecified atom stereocenters. The standard InChI is InChI=1S/C10H13N3O2S3/c1-7-12-5-9(16-7)6-13-18(14,15)10-3-2-8(4-11)17-10/h2-3,5,13H,4,6,11H2,1H3. The number of thiazole rings is 1. The van der Waals surface area contributed by atoms with Crippen LogP contribution in [-0.2, 0) is 23.1 Å². The zero-order chi connectivity index (χ0) is 13.2. The summed E-state index contributed by atoms with van der Waals surface area (Å²) in [7, 11) is -3.45. The molecule has 2 heterocycles. The van der Waals surface area contributed by atoms with E-state index >= 15 is 0 Å². The van der Waals surface area contributed by atoms with E-state index in [2.05, 4.69) is 9.71 Å². The molecule has 8 heteroatoms. The van der Waals surface area contributed by atoms with Gasteiger partial charge in [0.15, 0.2) is 0 Å². The predicted octanol–water partition coefficient (Wildman–Crippen LogP) is 1.45. The first-order chi connectivity index (χ1) is 8.51. The third-order valence-corrected chi connectivity index (χ3v) is 6.12. The molecule has 0 atom stereocenters. The number of rotatable bonds is 5. The molecule has 2 aromatic heterocycles. The van der Waals surface area contributed by atoms with Crippen molar-refractivity contribution < 1.29 is 8.42 Å². The van der Waals surface area contributed by atoms with E-state index in [1.165, 1.54) is 22.7 Å². The third-order valence-electron chi connectivity index (χ3n) is 2.21. The molecule has 0 bridgehead atoms. The Bertz CT molecular complexity index is 630. The first-order valence-corrected chi connectivity index (χ1v) is 8.32. The van der Waals surface area contributed by atoms with E-state index in [1.807, 2.05) is 6.92 Å². The molecule has 2 rings (SSSR count). The quantitative estimate of drug-likeness (QED) is 0.875. The molecule has 0 saturated heterocycles. The summed E-state index contributed by atoms with van der Waals surface area (Å²) in [6.45, 7) is 2.51. The van der Waals surface area contributed by atoms with Crippen LogP contribution in [0.5, 0.6) is 0 Å². The lowest BCUT2D eigenvalue weighted by molar-refractivity contribution is 0.584. The van der Waals surface area contributed by atoms with Crippen LogP contribution < -0.4 is 10.5 Å². The van der Waals surface area contributed by atoms with Crippen LogP contribution in [0.15, 0.2) is 22.5 Å². The molecule has 0 aliphatic carbocycles. The van der Waals surface area contributed by atoms with Gasteiger partial charge in [0.25, 0.3) is 0 Å². The molecule has 0 aliphatic heterocycles. The Morgan fingerprint density at radius 1 is 1.33 bits per heavy atom. The van der Waals surface area contributed by atoms with Gasteiger partial charge in [-0.3, -0.25) is 0 Å². The van der Waals surface area contributed by atoms with Crippen molar-refractivity contribution in [2.45, 2.75) is 24.2 Å². The first-order valence-electron chi connectivity index (χ1n) is 5.21. The second-order valence-corrected chi connectivity index (χ2v) is 8.08. The van der Waals surface area contributed by atoms with Gasteiger partial charge in [0, 0.05) is 29.0 Å². The van der Waals surface area contributed by atoms with Crippen molar-refractivity contribution >= 4 is 32.7 Å². The number of aromatic nitrogens is 1. The Balaban J connectivity index is 2.07. The molecular formula is C10H13N3O2S3. The maximum Gasteiger partial charge on any atom is 0.250 e. The Labute approximate surface area is 114 Å². The second-order valence-electron chi connectivity index (χ2n) is 3.60. The SMILES string of the molecule is Cc1ncc(CNS(=O)(=O)c2ccc(CN)s2)s1. The molecule has 0 amide bonds. The summed E-state index contributed by atoms with van der Waals surface area (Å²) in [5.41, 5.74) is 5.46. The minimum Gasteiger partial charge on any atom is -0.326 e. The molecule has 0 spiro atoms. The lowest BCUT2D eigenvalue weighted by atomic mass is 10.5. The molecule has 0 radical (unpaired) electrons. The molecule has 0 aliphatic rings. The fourth-order valence-corrected chi connectivity index (χ4v) is 4.45. The smallest absolute Gasteiger partial charge is 0.250 e. The van der Waals surface area contributed by atoms with Crippen LogP contribution in [-0.4, -0.2) is 13.4 Å². The van der Waals surface area contributed by atoms with Crippen molar-refractivity contribution in [3.05, 3.63) is 33.1 Å². The molecule has 98 valence electrons. The van der Waals surface area contributed by atoms with Gasteiger partial charge in [-0.1, -0.05) is 0 Å². The van der Waals surface area contributed by atoms with Gasteiger partial charge in [-0.05, 0) is 19.1 Å². The summed E-state index contributed by atoms with van der Waals surface area (Å²) in [6, 6.07) is 3.31. The van der Waals surface area contributed by atoms with Gasteiger partial charge in [0.2, 0.25) is 10.0 Å². The van der Waals surface area contributed by atoms with Crippen LogP contribution in [0.25, 0.3) is 0 Å². The van der Waals surface area contributed by atoms with Gasteiger partial charge in [-0.25, -0.2) is 18.1 Å². The van der Waals surface area contributed by atoms with Gasteiger partial charge in [-0.2, -0.15) is 0 Å². The molecule has 0 saturated carbocycles. The van der Waals surface area contributed by atoms with E-state index in [1.54, 1.807) is 18.3 Å². The lowest BCUT2D eigenvalue weighted by Gasteiger charge is -2.02. The summed E-state index contributed by atoms with van der Waals surface area (Å²) in [5.74, 6) is 0. The van der Waals surface area contributed by atoms with Crippen molar-refractivity contribution in [3.63, 3.8) is 0 Å². The molecular weight excluding hydrogens is 290 g/mol. The zero-order valence-electron chi connectivity index (χ0n) is 9.71. The van der Waals surface area contributed by atoms with Crippen LogP contribution in [0.1, 0.15) is 14.8 Å². The van der Waals surface area contributed by atoms with Crippen LogP contribution in [0, 0.1) is 6.92 Å². The summed E-state index contributed by atoms with van der Waals surface area (Å²) < 4.78 is 26.8. The summed E-state index contributed by atoms with van der Waals surface area (Å²) in [5, 5.41) is 0.922. The fraction of sp³-hybridized carbons (Fsp3) is 0.300. The van der Waals surface area contributed by atoms with Gasteiger partial charge in [-0.15, -0.1) is 22.7 Å². The maximum atomic E-state index is 12.0. The highest BCUT2D eigenvalue weighted by atomic mass is 32.2. The highest BCUT2D eigenvalue weighted by Gasteiger charge is 2.16. The number of sulfonamides is 1. The number of hydrogen-bond acceptors (Lipinski definition) is 6. The highest BCUT2D eigenvalue weighted by Crippen LogP contribution is 2.21. The van der Waals surface area contributed by atoms with Gasteiger partial charge >= 0.3 is 0 Å². The Morgan fingerprint density at radius 3 is 2.67 bits per heavy atom. The summed E-state index contributed by atoms with van der Waals surface area (Å²) in [4.78, 5) is 5.82. The Hall–Kier alpha value is -0.800. The van der Waals surface area contributed by atoms with Crippen molar-refractivity contribution in [2.75, 3.05) is 0 Å². The molecule has 3 N–H and O–H groups in total. The number of thiophene rings is 1. The minimum atomic E-state index is -3.45. The minimum absolute atomic E-state index is 0.268. The van der Waals surface area contributed by atoms with Crippen LogP contribution in [0.2, 0.25) is 0 Å². The summed E-state index contributed by atoms with van der Waals surface area (Å²) >= 11 is 2.67. The predicted molar refractivity (Wildman–Crippen MR) is 73.1 cm³/mol. The molecule has 0 fully saturated rings. The zero-order valence-corrected chi connectivity index (χ0v) is 12.2. The number of nitrogens with zero attached hydrogens (tertiary/aromatic N) is 1. The topological polar surface area (TPSA) is 85.1 Å². The molecule has 18 heavy (non-hydrogen) atoms. The molecule has 2 aromatic rings. The summed E-state index contributed by atoms with van der Waals surface area (Å²) in [6.07, 6.45) is 1.68. The Kier molecular flexibility index (Phi) is 4.13. The van der Waals surface area contributed by atoms with E-state index < -0.39 is 10.0 Å². The average molecular weight is 303 g/mol. The van der Waals surface area contributed by atoms with Gasteiger partial charge < -0.3 is 5.73 Å². The van der Waals surface area contributed by atoms with Gasteiger partial charge in [0.1, 0.15) is 4.21 Å². The Morgan fingerprint density at radius 2 is 2.11 bits per heavy atom. The molecule has 0 aromatic carbocycles. The number of aryl methyl sites for hydroxylation is 1. The van der Waals surface area contributed by atoms with Crippen molar-refractivity contribution in [2.24, 2.45) is 5.73 Å². The van der Waals surface area contributed by atoms with Crippen molar-refractivity contribution in [1.29, 1.82) is 0 Å². The number of nitrogens with two attached hydrogens (primary N) is 1. The lowest BCUT2D eigenvalue weighted by Crippen LogP contribution is -2.21. The second kappa shape index (κ2) is 5.45. The van der Waals surface area contributed by atoms with Crippen molar-refractivity contribution in [3.8, 4) is 0 Å². The largest absolute Gasteiger partial charge is 0.326 e. The van der Waals surface area contributed by atoms with Crippen LogP contribution in [0.4, 0.5) is 0 Å². The normalized spacial score (nSPS) is 11.9. The van der Waals surface area contributed by atoms with E-state index in [-0.39, 0.29) is 6.54 Å². The monoisotopic (exact) mass is 303 g/mol. The van der Waals surface area contributed by atoms with Crippen molar-refractivity contribution in [1.82, 2.24) is 9.71 Å². The van der Waals surface area contributed by atoms with Gasteiger partial charge in [0.05, 0.1) is 5.01 Å². The maximum absolute atomic E-state index is 12.0. The van der Waals surface area contributed by atoms with Crippen LogP contribution in [0.3, 0.4) is 0 Å². The number of nitrogens with one attached hydrogen (secondary N) is 1. The van der Waals surface area contributed by atoms with Crippen LogP contribution >= 0.6 is 22.7 Å². The van der Waals surface area contributed by atoms with E-state index in [9.17, 15) is 8.42 Å².